The number of carboxylic acids is 1. The number of hydrogen-bond acceptors (Lipinski definition) is 3. The molecule has 1 spiro atoms. The fourth-order valence-electron chi connectivity index (χ4n) is 4.05. The van der Waals surface area contributed by atoms with Crippen molar-refractivity contribution in [1.82, 2.24) is 4.90 Å². The van der Waals surface area contributed by atoms with E-state index < -0.39 is 17.3 Å². The van der Waals surface area contributed by atoms with Crippen LogP contribution in [0, 0.1) is 11.3 Å². The summed E-state index contributed by atoms with van der Waals surface area (Å²) in [6.45, 7) is 0. The lowest BCUT2D eigenvalue weighted by Crippen LogP contribution is -2.41. The summed E-state index contributed by atoms with van der Waals surface area (Å²) >= 11 is 0. The van der Waals surface area contributed by atoms with E-state index in [0.717, 1.165) is 25.7 Å². The molecule has 0 aromatic carbocycles. The second-order valence-electron chi connectivity index (χ2n) is 6.24. The Labute approximate surface area is 112 Å². The van der Waals surface area contributed by atoms with Gasteiger partial charge in [-0.15, -0.1) is 0 Å². The second-order valence-corrected chi connectivity index (χ2v) is 6.24. The van der Waals surface area contributed by atoms with Crippen LogP contribution in [0.15, 0.2) is 0 Å². The predicted octanol–water partition coefficient (Wildman–Crippen LogP) is 1.56. The normalized spacial score (nSPS) is 33.6. The van der Waals surface area contributed by atoms with Gasteiger partial charge in [-0.05, 0) is 32.1 Å². The summed E-state index contributed by atoms with van der Waals surface area (Å²) in [6, 6.07) is -0.180. The maximum absolute atomic E-state index is 12.6. The number of imide groups is 1. The van der Waals surface area contributed by atoms with Crippen LogP contribution in [-0.4, -0.2) is 33.8 Å². The summed E-state index contributed by atoms with van der Waals surface area (Å²) in [5.74, 6) is -1.31. The van der Waals surface area contributed by atoms with E-state index >= 15 is 0 Å². The van der Waals surface area contributed by atoms with Gasteiger partial charge < -0.3 is 5.11 Å². The molecule has 1 aliphatic heterocycles. The van der Waals surface area contributed by atoms with Gasteiger partial charge in [0.05, 0.1) is 11.3 Å². The third-order valence-electron chi connectivity index (χ3n) is 5.11. The van der Waals surface area contributed by atoms with Gasteiger partial charge in [0.2, 0.25) is 11.8 Å². The minimum atomic E-state index is -0.808. The first-order valence-electron chi connectivity index (χ1n) is 7.13. The molecule has 19 heavy (non-hydrogen) atoms. The first-order valence-corrected chi connectivity index (χ1v) is 7.13. The van der Waals surface area contributed by atoms with E-state index in [-0.39, 0.29) is 17.9 Å². The third-order valence-corrected chi connectivity index (χ3v) is 5.11. The monoisotopic (exact) mass is 265 g/mol. The number of likely N-dealkylation sites (tertiary alicyclic amines) is 1. The van der Waals surface area contributed by atoms with Crippen LogP contribution in [0.4, 0.5) is 0 Å². The van der Waals surface area contributed by atoms with E-state index in [9.17, 15) is 14.4 Å². The van der Waals surface area contributed by atoms with Crippen molar-refractivity contribution in [2.24, 2.45) is 11.3 Å². The molecular formula is C14H19NO4. The molecule has 0 aromatic heterocycles. The molecule has 2 aliphatic carbocycles. The van der Waals surface area contributed by atoms with Crippen LogP contribution >= 0.6 is 0 Å². The highest BCUT2D eigenvalue weighted by Crippen LogP contribution is 2.48. The SMILES string of the molecule is O=C(O)[C@@H]1CC[C@H](N2C(=O)CC3(CCCC3)C2=O)C1. The number of hydrogen-bond donors (Lipinski definition) is 1. The Kier molecular flexibility index (Phi) is 2.87. The van der Waals surface area contributed by atoms with Crippen LogP contribution in [0.1, 0.15) is 51.4 Å². The standard InChI is InChI=1S/C14H19NO4/c16-11-8-14(5-1-2-6-14)13(19)15(11)10-4-3-9(7-10)12(17)18/h9-10H,1-8H2,(H,17,18)/t9-,10+/m1/s1. The van der Waals surface area contributed by atoms with Crippen LogP contribution < -0.4 is 0 Å². The van der Waals surface area contributed by atoms with Crippen molar-refractivity contribution < 1.29 is 19.5 Å². The molecule has 5 nitrogen and oxygen atoms in total. The van der Waals surface area contributed by atoms with Crippen molar-refractivity contribution in [3.63, 3.8) is 0 Å². The first kappa shape index (κ1) is 12.6. The highest BCUT2D eigenvalue weighted by atomic mass is 16.4. The molecule has 104 valence electrons. The van der Waals surface area contributed by atoms with E-state index in [2.05, 4.69) is 0 Å². The van der Waals surface area contributed by atoms with E-state index in [4.69, 9.17) is 5.11 Å². The average Bonchev–Trinajstić information content (AvgIpc) is 3.02. The lowest BCUT2D eigenvalue weighted by Gasteiger charge is -2.25. The second kappa shape index (κ2) is 4.32. The zero-order valence-electron chi connectivity index (χ0n) is 10.9. The maximum Gasteiger partial charge on any atom is 0.306 e. The van der Waals surface area contributed by atoms with Gasteiger partial charge in [-0.1, -0.05) is 12.8 Å². The van der Waals surface area contributed by atoms with Crippen molar-refractivity contribution in [1.29, 1.82) is 0 Å². The van der Waals surface area contributed by atoms with E-state index in [1.54, 1.807) is 0 Å². The van der Waals surface area contributed by atoms with Crippen molar-refractivity contribution >= 4 is 17.8 Å². The van der Waals surface area contributed by atoms with Crippen molar-refractivity contribution in [2.75, 3.05) is 0 Å². The number of rotatable bonds is 2. The fraction of sp³-hybridized carbons (Fsp3) is 0.786. The summed E-state index contributed by atoms with van der Waals surface area (Å²) < 4.78 is 0. The molecule has 3 aliphatic rings. The fourth-order valence-corrected chi connectivity index (χ4v) is 4.05. The van der Waals surface area contributed by atoms with Gasteiger partial charge in [0.15, 0.2) is 0 Å². The average molecular weight is 265 g/mol. The molecule has 0 radical (unpaired) electrons. The summed E-state index contributed by atoms with van der Waals surface area (Å²) in [6.07, 6.45) is 5.69. The Morgan fingerprint density at radius 2 is 1.89 bits per heavy atom. The van der Waals surface area contributed by atoms with Crippen LogP contribution in [0.3, 0.4) is 0 Å². The Balaban J connectivity index is 1.77. The summed E-state index contributed by atoms with van der Waals surface area (Å²) in [7, 11) is 0. The molecule has 0 bridgehead atoms. The summed E-state index contributed by atoms with van der Waals surface area (Å²) in [5, 5.41) is 9.02. The van der Waals surface area contributed by atoms with Crippen molar-refractivity contribution in [2.45, 2.75) is 57.4 Å². The highest BCUT2D eigenvalue weighted by Gasteiger charge is 2.55. The molecular weight excluding hydrogens is 246 g/mol. The first-order chi connectivity index (χ1) is 9.03. The largest absolute Gasteiger partial charge is 0.481 e. The Bertz CT molecular complexity index is 439. The number of carbonyl (C=O) groups is 3. The molecule has 0 aromatic rings. The lowest BCUT2D eigenvalue weighted by atomic mass is 9.84. The molecule has 1 N–H and O–H groups in total. The molecule has 0 unspecified atom stereocenters. The molecule has 3 rings (SSSR count). The lowest BCUT2D eigenvalue weighted by molar-refractivity contribution is -0.146. The number of amides is 2. The quantitative estimate of drug-likeness (QED) is 0.769. The third kappa shape index (κ3) is 1.86. The predicted molar refractivity (Wildman–Crippen MR) is 66.1 cm³/mol. The van der Waals surface area contributed by atoms with E-state index in [0.29, 0.717) is 25.7 Å². The minimum Gasteiger partial charge on any atom is -0.481 e. The van der Waals surface area contributed by atoms with Gasteiger partial charge >= 0.3 is 5.97 Å². The zero-order chi connectivity index (χ0) is 13.6. The number of nitrogens with zero attached hydrogens (tertiary/aromatic N) is 1. The van der Waals surface area contributed by atoms with Gasteiger partial charge in [-0.25, -0.2) is 0 Å². The van der Waals surface area contributed by atoms with E-state index in [1.807, 2.05) is 0 Å². The van der Waals surface area contributed by atoms with Crippen molar-refractivity contribution in [3.8, 4) is 0 Å². The zero-order valence-corrected chi connectivity index (χ0v) is 10.9. The Morgan fingerprint density at radius 3 is 2.47 bits per heavy atom. The number of carboxylic acid groups (broad SMARTS) is 1. The molecule has 2 saturated carbocycles. The smallest absolute Gasteiger partial charge is 0.306 e. The number of carbonyl (C=O) groups excluding carboxylic acids is 2. The Hall–Kier alpha value is -1.39. The van der Waals surface area contributed by atoms with Crippen molar-refractivity contribution in [3.05, 3.63) is 0 Å². The summed E-state index contributed by atoms with van der Waals surface area (Å²) in [5.41, 5.74) is -0.432. The van der Waals surface area contributed by atoms with Gasteiger partial charge in [0.1, 0.15) is 0 Å². The maximum atomic E-state index is 12.6. The minimum absolute atomic E-state index is 0.0222. The molecule has 3 fully saturated rings. The van der Waals surface area contributed by atoms with Gasteiger partial charge in [0, 0.05) is 12.5 Å². The topological polar surface area (TPSA) is 74.7 Å². The molecule has 1 saturated heterocycles. The van der Waals surface area contributed by atoms with Crippen LogP contribution in [0.25, 0.3) is 0 Å². The van der Waals surface area contributed by atoms with E-state index in [1.165, 1.54) is 4.90 Å². The van der Waals surface area contributed by atoms with Gasteiger partial charge in [0.25, 0.3) is 0 Å². The number of aliphatic carboxylic acids is 1. The Morgan fingerprint density at radius 1 is 1.21 bits per heavy atom. The van der Waals surface area contributed by atoms with Gasteiger partial charge in [-0.2, -0.15) is 0 Å². The van der Waals surface area contributed by atoms with Gasteiger partial charge in [-0.3, -0.25) is 19.3 Å². The summed E-state index contributed by atoms with van der Waals surface area (Å²) in [4.78, 5) is 37.1. The van der Waals surface area contributed by atoms with Crippen LogP contribution in [0.5, 0.6) is 0 Å². The van der Waals surface area contributed by atoms with Crippen LogP contribution in [0.2, 0.25) is 0 Å². The molecule has 2 atom stereocenters. The molecule has 1 heterocycles. The highest BCUT2D eigenvalue weighted by molar-refractivity contribution is 6.06. The molecule has 2 amide bonds. The van der Waals surface area contributed by atoms with Crippen LogP contribution in [-0.2, 0) is 14.4 Å². The molecule has 5 heteroatoms.